The number of carbonyl (C=O) groups excluding carboxylic acids is 1. The molecule has 2 aliphatic heterocycles. The number of hydrogen-bond donors (Lipinski definition) is 0. The summed E-state index contributed by atoms with van der Waals surface area (Å²) in [6.07, 6.45) is 5.93. The summed E-state index contributed by atoms with van der Waals surface area (Å²) in [4.78, 5) is 24.0. The van der Waals surface area contributed by atoms with Crippen molar-refractivity contribution in [1.82, 2.24) is 14.2 Å². The predicted octanol–water partition coefficient (Wildman–Crippen LogP) is 4.98. The first-order valence-corrected chi connectivity index (χ1v) is 16.6. The SMILES string of the molecule is CSc1ccc2nc(N(CCN3CCOCC3)C(=O)c3ccc(S(=O)(=O)N4CCCCCC4)cc3)sc2c1.Cl. The zero-order valence-corrected chi connectivity index (χ0v) is 25.3. The van der Waals surface area contributed by atoms with E-state index in [1.54, 1.807) is 45.2 Å². The van der Waals surface area contributed by atoms with Crippen LogP contribution in [0.5, 0.6) is 0 Å². The number of amides is 1. The fourth-order valence-corrected chi connectivity index (χ4v) is 7.90. The van der Waals surface area contributed by atoms with Crippen LogP contribution >= 0.6 is 35.5 Å². The lowest BCUT2D eigenvalue weighted by Crippen LogP contribution is -2.43. The Balaban J connectivity index is 0.00000353. The Bertz CT molecular complexity index is 1350. The van der Waals surface area contributed by atoms with Crippen LogP contribution in [0.2, 0.25) is 0 Å². The van der Waals surface area contributed by atoms with Gasteiger partial charge in [-0.25, -0.2) is 13.4 Å². The number of morpholine rings is 1. The predicted molar refractivity (Wildman–Crippen MR) is 161 cm³/mol. The van der Waals surface area contributed by atoms with Gasteiger partial charge < -0.3 is 4.74 Å². The molecule has 5 rings (SSSR count). The Hall–Kier alpha value is -1.73. The number of fused-ring (bicyclic) bond motifs is 1. The number of benzene rings is 2. The van der Waals surface area contributed by atoms with Crippen LogP contribution in [0.15, 0.2) is 52.3 Å². The van der Waals surface area contributed by atoms with E-state index in [4.69, 9.17) is 9.72 Å². The fraction of sp³-hybridized carbons (Fsp3) is 0.481. The van der Waals surface area contributed by atoms with Gasteiger partial charge in [-0.1, -0.05) is 24.2 Å². The molecule has 1 amide bonds. The van der Waals surface area contributed by atoms with Crippen LogP contribution in [-0.4, -0.2) is 87.3 Å². The Labute approximate surface area is 245 Å². The van der Waals surface area contributed by atoms with Crippen molar-refractivity contribution < 1.29 is 17.9 Å². The lowest BCUT2D eigenvalue weighted by molar-refractivity contribution is 0.0391. The van der Waals surface area contributed by atoms with Crippen LogP contribution in [0.25, 0.3) is 10.2 Å². The smallest absolute Gasteiger partial charge is 0.260 e. The number of hydrogen-bond acceptors (Lipinski definition) is 8. The number of thiazole rings is 1. The molecule has 2 fully saturated rings. The number of rotatable bonds is 8. The van der Waals surface area contributed by atoms with Gasteiger partial charge in [0, 0.05) is 49.7 Å². The lowest BCUT2D eigenvalue weighted by Gasteiger charge is -2.29. The van der Waals surface area contributed by atoms with E-state index in [0.29, 0.717) is 50.1 Å². The van der Waals surface area contributed by atoms with Gasteiger partial charge in [0.25, 0.3) is 5.91 Å². The van der Waals surface area contributed by atoms with E-state index >= 15 is 0 Å². The zero-order valence-electron chi connectivity index (χ0n) is 22.1. The summed E-state index contributed by atoms with van der Waals surface area (Å²) in [7, 11) is -3.57. The van der Waals surface area contributed by atoms with E-state index in [2.05, 4.69) is 11.0 Å². The summed E-state index contributed by atoms with van der Waals surface area (Å²) in [6.45, 7) is 5.36. The fourth-order valence-electron chi connectivity index (χ4n) is 4.84. The van der Waals surface area contributed by atoms with Gasteiger partial charge in [-0.2, -0.15) is 4.31 Å². The Morgan fingerprint density at radius 2 is 1.72 bits per heavy atom. The van der Waals surface area contributed by atoms with Crippen LogP contribution in [0, 0.1) is 0 Å². The van der Waals surface area contributed by atoms with Gasteiger partial charge in [0.05, 0.1) is 28.3 Å². The van der Waals surface area contributed by atoms with Crippen molar-refractivity contribution >= 4 is 66.8 Å². The van der Waals surface area contributed by atoms with E-state index in [1.165, 1.54) is 11.3 Å². The van der Waals surface area contributed by atoms with Crippen LogP contribution < -0.4 is 4.90 Å². The van der Waals surface area contributed by atoms with Crippen molar-refractivity contribution in [2.75, 3.05) is 63.6 Å². The first-order valence-electron chi connectivity index (χ1n) is 13.1. The highest BCUT2D eigenvalue weighted by Crippen LogP contribution is 2.32. The first-order chi connectivity index (χ1) is 18.5. The summed E-state index contributed by atoms with van der Waals surface area (Å²) in [5.41, 5.74) is 1.32. The van der Waals surface area contributed by atoms with Gasteiger partial charge in [-0.15, -0.1) is 24.2 Å². The molecule has 3 aromatic rings. The van der Waals surface area contributed by atoms with Gasteiger partial charge >= 0.3 is 0 Å². The van der Waals surface area contributed by atoms with E-state index in [-0.39, 0.29) is 23.2 Å². The molecular formula is C27H35ClN4O4S3. The molecule has 0 aliphatic carbocycles. The molecule has 39 heavy (non-hydrogen) atoms. The highest BCUT2D eigenvalue weighted by molar-refractivity contribution is 7.98. The first kappa shape index (κ1) is 30.2. The van der Waals surface area contributed by atoms with E-state index in [0.717, 1.165) is 53.9 Å². The molecule has 2 saturated heterocycles. The molecule has 8 nitrogen and oxygen atoms in total. The Morgan fingerprint density at radius 1 is 1.03 bits per heavy atom. The summed E-state index contributed by atoms with van der Waals surface area (Å²) in [5, 5.41) is 0.651. The summed E-state index contributed by atoms with van der Waals surface area (Å²) in [5.74, 6) is -0.180. The third kappa shape index (κ3) is 7.13. The monoisotopic (exact) mass is 610 g/mol. The van der Waals surface area contributed by atoms with Gasteiger partial charge in [0.1, 0.15) is 0 Å². The van der Waals surface area contributed by atoms with Gasteiger partial charge in [0.2, 0.25) is 10.0 Å². The molecule has 0 bridgehead atoms. The second-order valence-electron chi connectivity index (χ2n) is 9.58. The van der Waals surface area contributed by atoms with Crippen molar-refractivity contribution in [3.05, 3.63) is 48.0 Å². The number of aromatic nitrogens is 1. The minimum atomic E-state index is -3.57. The Morgan fingerprint density at radius 3 is 2.38 bits per heavy atom. The molecule has 0 saturated carbocycles. The van der Waals surface area contributed by atoms with Crippen molar-refractivity contribution in [3.8, 4) is 0 Å². The molecule has 12 heteroatoms. The summed E-state index contributed by atoms with van der Waals surface area (Å²) >= 11 is 3.18. The van der Waals surface area contributed by atoms with Crippen molar-refractivity contribution in [2.45, 2.75) is 35.5 Å². The summed E-state index contributed by atoms with van der Waals surface area (Å²) in [6, 6.07) is 12.5. The molecule has 0 unspecified atom stereocenters. The molecule has 0 radical (unpaired) electrons. The molecule has 0 N–H and O–H groups in total. The molecule has 2 aromatic carbocycles. The molecule has 212 valence electrons. The molecule has 0 spiro atoms. The third-order valence-corrected chi connectivity index (χ3v) is 10.8. The number of ether oxygens (including phenoxy) is 1. The molecule has 1 aromatic heterocycles. The number of thioether (sulfide) groups is 1. The molecular weight excluding hydrogens is 576 g/mol. The molecule has 3 heterocycles. The van der Waals surface area contributed by atoms with Crippen molar-refractivity contribution in [2.24, 2.45) is 0 Å². The van der Waals surface area contributed by atoms with Gasteiger partial charge in [-0.3, -0.25) is 14.6 Å². The zero-order chi connectivity index (χ0) is 26.5. The van der Waals surface area contributed by atoms with Crippen LogP contribution in [0.3, 0.4) is 0 Å². The van der Waals surface area contributed by atoms with Crippen LogP contribution in [0.4, 0.5) is 5.13 Å². The minimum Gasteiger partial charge on any atom is -0.379 e. The quantitative estimate of drug-likeness (QED) is 0.333. The topological polar surface area (TPSA) is 83.0 Å². The highest BCUT2D eigenvalue weighted by Gasteiger charge is 2.27. The number of nitrogens with zero attached hydrogens (tertiary/aromatic N) is 4. The van der Waals surface area contributed by atoms with Gasteiger partial charge in [0.15, 0.2) is 5.13 Å². The molecule has 2 aliphatic rings. The van der Waals surface area contributed by atoms with Crippen LogP contribution in [0.1, 0.15) is 36.0 Å². The second kappa shape index (κ2) is 13.8. The average molecular weight is 611 g/mol. The van der Waals surface area contributed by atoms with E-state index in [9.17, 15) is 13.2 Å². The maximum Gasteiger partial charge on any atom is 0.260 e. The number of sulfonamides is 1. The maximum absolute atomic E-state index is 13.8. The van der Waals surface area contributed by atoms with Crippen LogP contribution in [-0.2, 0) is 14.8 Å². The summed E-state index contributed by atoms with van der Waals surface area (Å²) < 4.78 is 34.5. The highest BCUT2D eigenvalue weighted by atomic mass is 35.5. The van der Waals surface area contributed by atoms with Crippen molar-refractivity contribution in [3.63, 3.8) is 0 Å². The standard InChI is InChI=1S/C27H34N4O4S3.ClH/c1-36-22-8-11-24-25(20-22)37-27(28-24)31(15-14-29-16-18-35-19-17-29)26(32)21-6-9-23(10-7-21)38(33,34)30-12-4-2-3-5-13-30;/h6-11,20H,2-5,12-19H2,1H3;1H. The van der Waals surface area contributed by atoms with Crippen molar-refractivity contribution in [1.29, 1.82) is 0 Å². The second-order valence-corrected chi connectivity index (χ2v) is 13.4. The van der Waals surface area contributed by atoms with E-state index < -0.39 is 10.0 Å². The number of halogens is 1. The molecule has 0 atom stereocenters. The normalized spacial score (nSPS) is 17.5. The van der Waals surface area contributed by atoms with E-state index in [1.807, 2.05) is 18.4 Å². The average Bonchev–Trinajstić information content (AvgIpc) is 3.16. The lowest BCUT2D eigenvalue weighted by atomic mass is 10.2. The van der Waals surface area contributed by atoms with Gasteiger partial charge in [-0.05, 0) is 61.6 Å². The number of anilines is 1. The maximum atomic E-state index is 13.8. The largest absolute Gasteiger partial charge is 0.379 e. The Kier molecular flexibility index (Phi) is 10.7. The number of carbonyl (C=O) groups is 1. The minimum absolute atomic E-state index is 0. The third-order valence-electron chi connectivity index (χ3n) is 7.11.